The minimum absolute atomic E-state index is 0.0113. The highest BCUT2D eigenvalue weighted by atomic mass is 32.2. The van der Waals surface area contributed by atoms with Crippen LogP contribution in [0.3, 0.4) is 0 Å². The Morgan fingerprint density at radius 3 is 1.48 bits per heavy atom. The van der Waals surface area contributed by atoms with E-state index in [1.54, 1.807) is 0 Å². The molecular formula is C21H45NO4S. The molecule has 0 radical (unpaired) electrons. The van der Waals surface area contributed by atoms with Crippen LogP contribution in [-0.2, 0) is 10.1 Å². The molecule has 0 amide bonds. The number of nitrogens with zero attached hydrogens (tertiary/aromatic N) is 1. The van der Waals surface area contributed by atoms with E-state index in [9.17, 15) is 18.1 Å². The summed E-state index contributed by atoms with van der Waals surface area (Å²) in [7, 11) is -0.539. The Hall–Kier alpha value is -0.170. The lowest BCUT2D eigenvalue weighted by Gasteiger charge is -2.31. The number of rotatable bonds is 19. The first-order chi connectivity index (χ1) is 12.7. The molecule has 0 aliphatic rings. The van der Waals surface area contributed by atoms with Crippen molar-refractivity contribution in [3.8, 4) is 0 Å². The molecule has 0 spiro atoms. The van der Waals surface area contributed by atoms with Gasteiger partial charge in [-0.2, -0.15) is 0 Å². The largest absolute Gasteiger partial charge is 0.746 e. The van der Waals surface area contributed by atoms with Gasteiger partial charge in [0.05, 0.1) is 27.2 Å². The first kappa shape index (κ1) is 26.8. The second kappa shape index (κ2) is 15.7. The maximum absolute atomic E-state index is 10.7. The second-order valence-corrected chi connectivity index (χ2v) is 10.2. The molecule has 0 fully saturated rings. The molecule has 6 heteroatoms. The van der Waals surface area contributed by atoms with Crippen molar-refractivity contribution in [3.63, 3.8) is 0 Å². The summed E-state index contributed by atoms with van der Waals surface area (Å²) in [6.07, 6.45) is 18.7. The van der Waals surface area contributed by atoms with Crippen molar-refractivity contribution in [1.82, 2.24) is 0 Å². The van der Waals surface area contributed by atoms with Gasteiger partial charge in [-0.25, -0.2) is 8.42 Å². The SMILES string of the molecule is CCCCCCCCCCCCCCCC[N+](C)(C)CCC(O)S(=O)(=O)[O-]. The highest BCUT2D eigenvalue weighted by Crippen LogP contribution is 2.14. The molecule has 0 saturated carbocycles. The second-order valence-electron chi connectivity index (χ2n) is 8.72. The van der Waals surface area contributed by atoms with Crippen LogP contribution in [0.2, 0.25) is 0 Å². The first-order valence-corrected chi connectivity index (χ1v) is 12.6. The zero-order valence-corrected chi connectivity index (χ0v) is 18.9. The topological polar surface area (TPSA) is 77.4 Å². The zero-order chi connectivity index (χ0) is 20.6. The molecule has 0 aromatic carbocycles. The third-order valence-corrected chi connectivity index (χ3v) is 6.33. The molecule has 0 bridgehead atoms. The van der Waals surface area contributed by atoms with Crippen molar-refractivity contribution in [2.24, 2.45) is 0 Å². The van der Waals surface area contributed by atoms with Gasteiger partial charge >= 0.3 is 0 Å². The Morgan fingerprint density at radius 1 is 0.741 bits per heavy atom. The molecule has 5 nitrogen and oxygen atoms in total. The van der Waals surface area contributed by atoms with Gasteiger partial charge in [-0.05, 0) is 12.8 Å². The number of aliphatic hydroxyl groups is 1. The zero-order valence-electron chi connectivity index (χ0n) is 18.1. The summed E-state index contributed by atoms with van der Waals surface area (Å²) in [6, 6.07) is 0. The number of unbranched alkanes of at least 4 members (excludes halogenated alkanes) is 13. The van der Waals surface area contributed by atoms with E-state index in [1.165, 1.54) is 83.5 Å². The molecule has 0 rings (SSSR count). The van der Waals surface area contributed by atoms with E-state index in [1.807, 2.05) is 14.1 Å². The summed E-state index contributed by atoms with van der Waals surface area (Å²) in [6.45, 7) is 3.71. The van der Waals surface area contributed by atoms with Gasteiger partial charge in [-0.3, -0.25) is 0 Å². The standard InChI is InChI=1S/C21H45NO4S/c1-4-5-6-7-8-9-10-11-12-13-14-15-16-17-19-22(2,3)20-18-21(23)27(24,25)26/h21,23H,4-20H2,1-3H3. The summed E-state index contributed by atoms with van der Waals surface area (Å²) in [4.78, 5) is 0. The number of hydrogen-bond acceptors (Lipinski definition) is 4. The quantitative estimate of drug-likeness (QED) is 0.190. The van der Waals surface area contributed by atoms with Crippen LogP contribution in [0.4, 0.5) is 0 Å². The van der Waals surface area contributed by atoms with Crippen LogP contribution >= 0.6 is 0 Å². The molecule has 27 heavy (non-hydrogen) atoms. The summed E-state index contributed by atoms with van der Waals surface area (Å²) in [5.41, 5.74) is -1.77. The van der Waals surface area contributed by atoms with E-state index in [2.05, 4.69) is 6.92 Å². The average Bonchev–Trinajstić information content (AvgIpc) is 2.59. The summed E-state index contributed by atoms with van der Waals surface area (Å²) < 4.78 is 32.8. The van der Waals surface area contributed by atoms with Crippen molar-refractivity contribution >= 4 is 10.1 Å². The lowest BCUT2D eigenvalue weighted by molar-refractivity contribution is -0.890. The summed E-state index contributed by atoms with van der Waals surface area (Å²) in [5.74, 6) is 0. The highest BCUT2D eigenvalue weighted by Gasteiger charge is 2.20. The van der Waals surface area contributed by atoms with Crippen molar-refractivity contribution in [3.05, 3.63) is 0 Å². The lowest BCUT2D eigenvalue weighted by Crippen LogP contribution is -2.43. The van der Waals surface area contributed by atoms with Crippen LogP contribution in [0.5, 0.6) is 0 Å². The molecule has 0 aromatic rings. The summed E-state index contributed by atoms with van der Waals surface area (Å²) >= 11 is 0. The Labute approximate surface area is 168 Å². The highest BCUT2D eigenvalue weighted by molar-refractivity contribution is 7.86. The van der Waals surface area contributed by atoms with Gasteiger partial charge in [0.1, 0.15) is 15.6 Å². The van der Waals surface area contributed by atoms with E-state index in [4.69, 9.17) is 0 Å². The van der Waals surface area contributed by atoms with Gasteiger partial charge in [0.15, 0.2) is 0 Å². The van der Waals surface area contributed by atoms with Gasteiger partial charge < -0.3 is 14.1 Å². The third-order valence-electron chi connectivity index (χ3n) is 5.43. The van der Waals surface area contributed by atoms with Crippen molar-refractivity contribution < 1.29 is 22.6 Å². The van der Waals surface area contributed by atoms with E-state index in [-0.39, 0.29) is 6.42 Å². The Balaban J connectivity index is 3.45. The van der Waals surface area contributed by atoms with Gasteiger partial charge in [-0.1, -0.05) is 84.0 Å². The fraction of sp³-hybridized carbons (Fsp3) is 1.00. The van der Waals surface area contributed by atoms with Gasteiger partial charge in [0.2, 0.25) is 0 Å². The van der Waals surface area contributed by atoms with Crippen molar-refractivity contribution in [2.75, 3.05) is 27.2 Å². The molecule has 164 valence electrons. The van der Waals surface area contributed by atoms with Crippen LogP contribution in [0.25, 0.3) is 0 Å². The predicted molar refractivity (Wildman–Crippen MR) is 112 cm³/mol. The van der Waals surface area contributed by atoms with E-state index < -0.39 is 15.6 Å². The Bertz CT molecular complexity index is 437. The van der Waals surface area contributed by atoms with E-state index in [0.717, 1.165) is 13.0 Å². The average molecular weight is 408 g/mol. The Morgan fingerprint density at radius 2 is 1.11 bits per heavy atom. The molecule has 0 aliphatic heterocycles. The van der Waals surface area contributed by atoms with Crippen LogP contribution in [0.15, 0.2) is 0 Å². The van der Waals surface area contributed by atoms with Gasteiger partial charge in [-0.15, -0.1) is 0 Å². The van der Waals surface area contributed by atoms with Crippen molar-refractivity contribution in [2.45, 2.75) is 109 Å². The molecule has 1 atom stereocenters. The fourth-order valence-electron chi connectivity index (χ4n) is 3.45. The van der Waals surface area contributed by atoms with Crippen LogP contribution < -0.4 is 0 Å². The summed E-state index contributed by atoms with van der Waals surface area (Å²) in [5, 5.41) is 9.33. The van der Waals surface area contributed by atoms with E-state index >= 15 is 0 Å². The van der Waals surface area contributed by atoms with Gasteiger partial charge in [0.25, 0.3) is 0 Å². The van der Waals surface area contributed by atoms with Crippen LogP contribution in [-0.4, -0.2) is 55.2 Å². The lowest BCUT2D eigenvalue weighted by atomic mass is 10.0. The van der Waals surface area contributed by atoms with Crippen LogP contribution in [0, 0.1) is 0 Å². The Kier molecular flexibility index (Phi) is 15.6. The molecule has 0 heterocycles. The molecule has 1 unspecified atom stereocenters. The number of aliphatic hydroxyl groups excluding tert-OH is 1. The van der Waals surface area contributed by atoms with Crippen LogP contribution in [0.1, 0.15) is 103 Å². The number of quaternary nitrogens is 1. The monoisotopic (exact) mass is 407 g/mol. The minimum atomic E-state index is -4.58. The molecule has 1 N–H and O–H groups in total. The van der Waals surface area contributed by atoms with Crippen molar-refractivity contribution in [1.29, 1.82) is 0 Å². The molecular weight excluding hydrogens is 362 g/mol. The normalized spacial score (nSPS) is 13.8. The molecule has 0 aromatic heterocycles. The predicted octanol–water partition coefficient (Wildman–Crippen LogP) is 4.80. The third kappa shape index (κ3) is 17.6. The minimum Gasteiger partial charge on any atom is -0.746 e. The smallest absolute Gasteiger partial charge is 0.148 e. The first-order valence-electron chi connectivity index (χ1n) is 11.1. The maximum Gasteiger partial charge on any atom is 0.148 e. The molecule has 0 aliphatic carbocycles. The van der Waals surface area contributed by atoms with E-state index in [0.29, 0.717) is 11.0 Å². The molecule has 0 saturated heterocycles. The fourth-order valence-corrected chi connectivity index (χ4v) is 3.84. The van der Waals surface area contributed by atoms with Gasteiger partial charge in [0, 0.05) is 6.42 Å². The maximum atomic E-state index is 10.7. The number of hydrogen-bond donors (Lipinski definition) is 1.